The Morgan fingerprint density at radius 1 is 1.47 bits per heavy atom. The number of rotatable bonds is 5. The highest BCUT2D eigenvalue weighted by molar-refractivity contribution is 9.10. The quantitative estimate of drug-likeness (QED) is 0.599. The predicted octanol–water partition coefficient (Wildman–Crippen LogP) is 3.74. The van der Waals surface area contributed by atoms with Crippen molar-refractivity contribution in [2.45, 2.75) is 37.2 Å². The Morgan fingerprint density at radius 3 is 2.79 bits per heavy atom. The molecule has 2 aromatic rings. The number of alkyl halides is 1. The van der Waals surface area contributed by atoms with Crippen molar-refractivity contribution >= 4 is 39.3 Å². The number of hydrogen-bond acceptors (Lipinski definition) is 3. The third-order valence-corrected chi connectivity index (χ3v) is 5.33. The van der Waals surface area contributed by atoms with Crippen LogP contribution in [0.2, 0.25) is 0 Å². The van der Waals surface area contributed by atoms with E-state index in [9.17, 15) is 0 Å². The molecule has 0 aliphatic rings. The molecule has 0 atom stereocenters. The Bertz CT molecular complexity index is 579. The molecule has 2 rings (SSSR count). The molecule has 0 aromatic carbocycles. The zero-order valence-electron chi connectivity index (χ0n) is 11.2. The van der Waals surface area contributed by atoms with Crippen molar-refractivity contribution in [2.75, 3.05) is 0 Å². The van der Waals surface area contributed by atoms with Crippen LogP contribution in [0.25, 0.3) is 0 Å². The topological polar surface area (TPSA) is 35.6 Å². The SMILES string of the molecule is CCn1nc(C)c(Br)c1CSc1ncc(CCl)n1C. The number of thioether (sulfide) groups is 1. The van der Waals surface area contributed by atoms with E-state index >= 15 is 0 Å². The Labute approximate surface area is 130 Å². The van der Waals surface area contributed by atoms with Gasteiger partial charge in [0.1, 0.15) is 0 Å². The molecule has 0 amide bonds. The first kappa shape index (κ1) is 14.9. The fourth-order valence-corrected chi connectivity index (χ4v) is 3.68. The molecule has 0 fully saturated rings. The summed E-state index contributed by atoms with van der Waals surface area (Å²) in [4.78, 5) is 4.39. The lowest BCUT2D eigenvalue weighted by Gasteiger charge is -2.06. The van der Waals surface area contributed by atoms with Crippen molar-refractivity contribution in [3.8, 4) is 0 Å². The Kier molecular flexibility index (Phi) is 4.97. The molecule has 2 aromatic heterocycles. The lowest BCUT2D eigenvalue weighted by molar-refractivity contribution is 0.631. The van der Waals surface area contributed by atoms with Gasteiger partial charge < -0.3 is 4.57 Å². The fraction of sp³-hybridized carbons (Fsp3) is 0.500. The largest absolute Gasteiger partial charge is 0.325 e. The van der Waals surface area contributed by atoms with Crippen LogP contribution < -0.4 is 0 Å². The van der Waals surface area contributed by atoms with Gasteiger partial charge in [-0.25, -0.2) is 4.98 Å². The minimum atomic E-state index is 0.486. The minimum Gasteiger partial charge on any atom is -0.325 e. The van der Waals surface area contributed by atoms with Crippen LogP contribution in [0.4, 0.5) is 0 Å². The standard InChI is InChI=1S/C12H16BrClN4S/c1-4-18-10(11(13)8(2)16-18)7-19-12-15-6-9(5-14)17(12)3/h6H,4-5,7H2,1-3H3. The molecule has 0 saturated heterocycles. The molecule has 0 unspecified atom stereocenters. The number of halogens is 2. The van der Waals surface area contributed by atoms with Gasteiger partial charge >= 0.3 is 0 Å². The van der Waals surface area contributed by atoms with Gasteiger partial charge in [-0.2, -0.15) is 5.10 Å². The molecule has 0 radical (unpaired) electrons. The third kappa shape index (κ3) is 3.01. The molecule has 7 heteroatoms. The van der Waals surface area contributed by atoms with Gasteiger partial charge in [-0.05, 0) is 29.8 Å². The van der Waals surface area contributed by atoms with Crippen LogP contribution in [0.15, 0.2) is 15.8 Å². The predicted molar refractivity (Wildman–Crippen MR) is 82.7 cm³/mol. The van der Waals surface area contributed by atoms with Crippen LogP contribution in [-0.4, -0.2) is 19.3 Å². The highest BCUT2D eigenvalue weighted by Crippen LogP contribution is 2.28. The highest BCUT2D eigenvalue weighted by atomic mass is 79.9. The molecule has 4 nitrogen and oxygen atoms in total. The molecule has 19 heavy (non-hydrogen) atoms. The molecule has 104 valence electrons. The van der Waals surface area contributed by atoms with Crippen LogP contribution in [0.3, 0.4) is 0 Å². The minimum absolute atomic E-state index is 0.486. The summed E-state index contributed by atoms with van der Waals surface area (Å²) in [7, 11) is 1.99. The van der Waals surface area contributed by atoms with E-state index in [0.717, 1.165) is 33.3 Å². The second-order valence-corrected chi connectivity index (χ2v) is 6.18. The molecule has 0 aliphatic heterocycles. The van der Waals surface area contributed by atoms with Crippen molar-refractivity contribution in [2.24, 2.45) is 7.05 Å². The Morgan fingerprint density at radius 2 is 2.21 bits per heavy atom. The van der Waals surface area contributed by atoms with Gasteiger partial charge in [0.2, 0.25) is 0 Å². The van der Waals surface area contributed by atoms with E-state index in [0.29, 0.717) is 5.88 Å². The van der Waals surface area contributed by atoms with Gasteiger partial charge in [-0.3, -0.25) is 4.68 Å². The summed E-state index contributed by atoms with van der Waals surface area (Å²) in [5.41, 5.74) is 3.25. The maximum absolute atomic E-state index is 5.85. The molecule has 0 spiro atoms. The van der Waals surface area contributed by atoms with E-state index in [1.807, 2.05) is 29.4 Å². The summed E-state index contributed by atoms with van der Waals surface area (Å²) < 4.78 is 5.15. The number of nitrogens with zero attached hydrogens (tertiary/aromatic N) is 4. The van der Waals surface area contributed by atoms with E-state index in [4.69, 9.17) is 11.6 Å². The average Bonchev–Trinajstić information content (AvgIpc) is 2.89. The Balaban J connectivity index is 2.16. The van der Waals surface area contributed by atoms with Gasteiger partial charge in [0.05, 0.1) is 33.6 Å². The smallest absolute Gasteiger partial charge is 0.168 e. The van der Waals surface area contributed by atoms with Crippen LogP contribution in [0.5, 0.6) is 0 Å². The fourth-order valence-electron chi connectivity index (χ4n) is 1.82. The van der Waals surface area contributed by atoms with Crippen LogP contribution in [-0.2, 0) is 25.2 Å². The average molecular weight is 364 g/mol. The van der Waals surface area contributed by atoms with E-state index in [1.165, 1.54) is 5.69 Å². The molecular weight excluding hydrogens is 348 g/mol. The van der Waals surface area contributed by atoms with Gasteiger partial charge in [0, 0.05) is 19.3 Å². The van der Waals surface area contributed by atoms with Crippen molar-refractivity contribution < 1.29 is 0 Å². The zero-order valence-corrected chi connectivity index (χ0v) is 14.3. The monoisotopic (exact) mass is 362 g/mol. The summed E-state index contributed by atoms with van der Waals surface area (Å²) in [6.07, 6.45) is 1.83. The molecule has 2 heterocycles. The second-order valence-electron chi connectivity index (χ2n) is 4.18. The third-order valence-electron chi connectivity index (χ3n) is 2.97. The first-order chi connectivity index (χ1) is 9.08. The normalized spacial score (nSPS) is 11.2. The highest BCUT2D eigenvalue weighted by Gasteiger charge is 2.14. The van der Waals surface area contributed by atoms with Crippen LogP contribution in [0, 0.1) is 6.92 Å². The number of imidazole rings is 1. The zero-order chi connectivity index (χ0) is 14.0. The van der Waals surface area contributed by atoms with E-state index in [2.05, 4.69) is 32.9 Å². The molecular formula is C12H16BrClN4S. The van der Waals surface area contributed by atoms with Crippen molar-refractivity contribution in [1.82, 2.24) is 19.3 Å². The summed E-state index contributed by atoms with van der Waals surface area (Å²) >= 11 is 11.2. The van der Waals surface area contributed by atoms with Crippen molar-refractivity contribution in [1.29, 1.82) is 0 Å². The van der Waals surface area contributed by atoms with Crippen molar-refractivity contribution in [3.63, 3.8) is 0 Å². The molecule has 0 saturated carbocycles. The first-order valence-electron chi connectivity index (χ1n) is 5.99. The Hall–Kier alpha value is -0.460. The maximum Gasteiger partial charge on any atom is 0.168 e. The summed E-state index contributed by atoms with van der Waals surface area (Å²) in [5.74, 6) is 1.32. The van der Waals surface area contributed by atoms with E-state index in [-0.39, 0.29) is 0 Å². The summed E-state index contributed by atoms with van der Waals surface area (Å²) in [6.45, 7) is 4.98. The van der Waals surface area contributed by atoms with Crippen LogP contribution >= 0.6 is 39.3 Å². The van der Waals surface area contributed by atoms with Gasteiger partial charge in [-0.1, -0.05) is 11.8 Å². The molecule has 0 N–H and O–H groups in total. The summed E-state index contributed by atoms with van der Waals surface area (Å²) in [6, 6.07) is 0. The van der Waals surface area contributed by atoms with Gasteiger partial charge in [0.15, 0.2) is 5.16 Å². The lowest BCUT2D eigenvalue weighted by Crippen LogP contribution is -2.02. The van der Waals surface area contributed by atoms with Crippen molar-refractivity contribution in [3.05, 3.63) is 27.8 Å². The molecule has 0 bridgehead atoms. The first-order valence-corrected chi connectivity index (χ1v) is 8.30. The summed E-state index contributed by atoms with van der Waals surface area (Å²) in [5, 5.41) is 5.47. The van der Waals surface area contributed by atoms with Gasteiger partial charge in [-0.15, -0.1) is 11.6 Å². The van der Waals surface area contributed by atoms with Gasteiger partial charge in [0.25, 0.3) is 0 Å². The lowest BCUT2D eigenvalue weighted by atomic mass is 10.4. The maximum atomic E-state index is 5.85. The van der Waals surface area contributed by atoms with E-state index < -0.39 is 0 Å². The number of aromatic nitrogens is 4. The second kappa shape index (κ2) is 6.33. The van der Waals surface area contributed by atoms with Crippen LogP contribution in [0.1, 0.15) is 24.0 Å². The number of aryl methyl sites for hydroxylation is 2. The molecule has 0 aliphatic carbocycles. The van der Waals surface area contributed by atoms with E-state index in [1.54, 1.807) is 11.8 Å². The number of hydrogen-bond donors (Lipinski definition) is 0.